The number of aliphatic hydroxyl groups is 1. The number of halogens is 1. The Morgan fingerprint density at radius 2 is 2.26 bits per heavy atom. The fourth-order valence-electron chi connectivity index (χ4n) is 2.57. The summed E-state index contributed by atoms with van der Waals surface area (Å²) in [4.78, 5) is 24.3. The summed E-state index contributed by atoms with van der Waals surface area (Å²) in [5.74, 6) is -1.42. The van der Waals surface area contributed by atoms with E-state index in [0.29, 0.717) is 40.5 Å². The van der Waals surface area contributed by atoms with Crippen LogP contribution in [-0.2, 0) is 27.4 Å². The molecule has 0 amide bonds. The average Bonchev–Trinajstić information content (AvgIpc) is 2.53. The molecule has 1 atom stereocenters. The Labute approximate surface area is 138 Å². The molecular formula is C17H15ClO5. The van der Waals surface area contributed by atoms with E-state index in [9.17, 15) is 14.7 Å². The number of carbonyl (C=O) groups is 2. The second-order valence-electron chi connectivity index (χ2n) is 5.44. The fourth-order valence-corrected chi connectivity index (χ4v) is 2.80. The Kier molecular flexibility index (Phi) is 4.50. The van der Waals surface area contributed by atoms with Crippen LogP contribution in [0, 0.1) is 5.92 Å². The number of benzene rings is 1. The van der Waals surface area contributed by atoms with Crippen molar-refractivity contribution in [1.29, 1.82) is 0 Å². The van der Waals surface area contributed by atoms with Crippen molar-refractivity contribution in [3.63, 3.8) is 0 Å². The molecule has 5 nitrogen and oxygen atoms in total. The predicted octanol–water partition coefficient (Wildman–Crippen LogP) is 2.60. The molecule has 0 bridgehead atoms. The average molecular weight is 335 g/mol. The summed E-state index contributed by atoms with van der Waals surface area (Å²) in [5, 5.41) is 9.70. The number of carbonyl (C=O) groups excluding carboxylic acids is 2. The van der Waals surface area contributed by atoms with Crippen molar-refractivity contribution in [2.75, 3.05) is 0 Å². The fraction of sp³-hybridized carbons (Fsp3) is 0.294. The second-order valence-corrected chi connectivity index (χ2v) is 5.87. The number of hydrogen-bond donors (Lipinski definition) is 1. The van der Waals surface area contributed by atoms with Crippen molar-refractivity contribution in [3.05, 3.63) is 52.3 Å². The van der Waals surface area contributed by atoms with Gasteiger partial charge in [0.25, 0.3) is 0 Å². The van der Waals surface area contributed by atoms with E-state index in [-0.39, 0.29) is 13.0 Å². The van der Waals surface area contributed by atoms with Crippen molar-refractivity contribution >= 4 is 23.5 Å². The molecule has 0 aromatic heterocycles. The van der Waals surface area contributed by atoms with Gasteiger partial charge in [0.1, 0.15) is 11.5 Å². The van der Waals surface area contributed by atoms with Crippen molar-refractivity contribution in [2.45, 2.75) is 25.9 Å². The number of fused-ring (bicyclic) bond motifs is 1. The van der Waals surface area contributed by atoms with Gasteiger partial charge in [0.2, 0.25) is 0 Å². The van der Waals surface area contributed by atoms with Crippen LogP contribution in [0.5, 0.6) is 5.75 Å². The van der Waals surface area contributed by atoms with E-state index in [1.165, 1.54) is 0 Å². The zero-order valence-electron chi connectivity index (χ0n) is 12.3. The third-order valence-electron chi connectivity index (χ3n) is 3.77. The van der Waals surface area contributed by atoms with Crippen molar-refractivity contribution in [2.24, 2.45) is 5.92 Å². The number of rotatable bonds is 3. The van der Waals surface area contributed by atoms with Crippen LogP contribution in [0.25, 0.3) is 0 Å². The summed E-state index contributed by atoms with van der Waals surface area (Å²) >= 11 is 5.89. The molecule has 1 aromatic rings. The smallest absolute Gasteiger partial charge is 0.326 e. The van der Waals surface area contributed by atoms with E-state index in [2.05, 4.69) is 0 Å². The molecule has 1 aliphatic heterocycles. The van der Waals surface area contributed by atoms with Crippen LogP contribution in [0.15, 0.2) is 41.1 Å². The third kappa shape index (κ3) is 3.46. The molecule has 1 aliphatic carbocycles. The molecule has 0 saturated carbocycles. The molecule has 3 rings (SSSR count). The van der Waals surface area contributed by atoms with Gasteiger partial charge in [-0.3, -0.25) is 9.59 Å². The summed E-state index contributed by atoms with van der Waals surface area (Å²) in [5.41, 5.74) is 1.40. The number of esters is 2. The maximum Gasteiger partial charge on any atom is 0.326 e. The number of allylic oxidation sites excluding steroid dienone is 4. The van der Waals surface area contributed by atoms with Crippen LogP contribution in [0.4, 0.5) is 0 Å². The van der Waals surface area contributed by atoms with Crippen molar-refractivity contribution < 1.29 is 24.2 Å². The molecule has 1 unspecified atom stereocenters. The standard InChI is InChI=1S/C17H15ClO5/c18-12-2-1-3-13(8-12)22-16(20)14-7-11-6-10(9-19)4-5-15(11)23-17(14)21/h2,4-6,8,14,19H,1,3,7,9H2. The van der Waals surface area contributed by atoms with Crippen LogP contribution in [0.1, 0.15) is 24.0 Å². The topological polar surface area (TPSA) is 72.8 Å². The van der Waals surface area contributed by atoms with Gasteiger partial charge in [-0.1, -0.05) is 23.7 Å². The highest BCUT2D eigenvalue weighted by Crippen LogP contribution is 2.30. The predicted molar refractivity (Wildman–Crippen MR) is 82.5 cm³/mol. The van der Waals surface area contributed by atoms with Crippen molar-refractivity contribution in [3.8, 4) is 5.75 Å². The van der Waals surface area contributed by atoms with E-state index >= 15 is 0 Å². The molecule has 6 heteroatoms. The van der Waals surface area contributed by atoms with E-state index in [1.807, 2.05) is 6.08 Å². The van der Waals surface area contributed by atoms with E-state index in [0.717, 1.165) is 0 Å². The lowest BCUT2D eigenvalue weighted by Crippen LogP contribution is -2.35. The monoisotopic (exact) mass is 334 g/mol. The highest BCUT2D eigenvalue weighted by atomic mass is 35.5. The number of aliphatic hydroxyl groups excluding tert-OH is 1. The van der Waals surface area contributed by atoms with Crippen LogP contribution in [-0.4, -0.2) is 17.0 Å². The molecule has 0 saturated heterocycles. The Hall–Kier alpha value is -2.11. The van der Waals surface area contributed by atoms with E-state index < -0.39 is 17.9 Å². The van der Waals surface area contributed by atoms with Gasteiger partial charge < -0.3 is 14.6 Å². The Morgan fingerprint density at radius 3 is 3.00 bits per heavy atom. The quantitative estimate of drug-likeness (QED) is 0.522. The van der Waals surface area contributed by atoms with Gasteiger partial charge in [0.15, 0.2) is 5.92 Å². The van der Waals surface area contributed by atoms with Gasteiger partial charge >= 0.3 is 11.9 Å². The lowest BCUT2D eigenvalue weighted by molar-refractivity contribution is -0.155. The minimum Gasteiger partial charge on any atom is -0.430 e. The lowest BCUT2D eigenvalue weighted by Gasteiger charge is -2.23. The van der Waals surface area contributed by atoms with E-state index in [1.54, 1.807) is 24.3 Å². The maximum atomic E-state index is 12.3. The molecule has 0 spiro atoms. The summed E-state index contributed by atoms with van der Waals surface area (Å²) < 4.78 is 10.5. The van der Waals surface area contributed by atoms with Gasteiger partial charge in [-0.25, -0.2) is 0 Å². The molecule has 1 heterocycles. The zero-order chi connectivity index (χ0) is 16.4. The van der Waals surface area contributed by atoms with Gasteiger partial charge in [-0.15, -0.1) is 0 Å². The van der Waals surface area contributed by atoms with Crippen LogP contribution in [0.3, 0.4) is 0 Å². The molecular weight excluding hydrogens is 320 g/mol. The summed E-state index contributed by atoms with van der Waals surface area (Å²) in [6.45, 7) is -0.117. The molecule has 1 N–H and O–H groups in total. The Bertz CT molecular complexity index is 720. The van der Waals surface area contributed by atoms with Crippen LogP contribution < -0.4 is 4.74 Å². The Balaban J connectivity index is 1.76. The van der Waals surface area contributed by atoms with Crippen LogP contribution >= 0.6 is 11.6 Å². The van der Waals surface area contributed by atoms with Gasteiger partial charge in [0.05, 0.1) is 6.61 Å². The van der Waals surface area contributed by atoms with Gasteiger partial charge in [-0.2, -0.15) is 0 Å². The molecule has 1 aromatic carbocycles. The first-order valence-corrected chi connectivity index (χ1v) is 7.67. The highest BCUT2D eigenvalue weighted by molar-refractivity contribution is 6.31. The largest absolute Gasteiger partial charge is 0.430 e. The summed E-state index contributed by atoms with van der Waals surface area (Å²) in [7, 11) is 0. The first-order valence-electron chi connectivity index (χ1n) is 7.29. The normalized spacial score (nSPS) is 20.1. The zero-order valence-corrected chi connectivity index (χ0v) is 13.0. The van der Waals surface area contributed by atoms with Crippen LogP contribution in [0.2, 0.25) is 0 Å². The third-order valence-corrected chi connectivity index (χ3v) is 4.04. The molecule has 120 valence electrons. The van der Waals surface area contributed by atoms with E-state index in [4.69, 9.17) is 21.1 Å². The summed E-state index contributed by atoms with van der Waals surface area (Å²) in [6.07, 6.45) is 4.86. The second kappa shape index (κ2) is 6.56. The van der Waals surface area contributed by atoms with Crippen molar-refractivity contribution in [1.82, 2.24) is 0 Å². The SMILES string of the molecule is O=C(OC1=CC(Cl)=CCC1)C1Cc2cc(CO)ccc2OC1=O. The van der Waals surface area contributed by atoms with Gasteiger partial charge in [0, 0.05) is 17.9 Å². The molecule has 23 heavy (non-hydrogen) atoms. The minimum absolute atomic E-state index is 0.117. The first kappa shape index (κ1) is 15.8. The summed E-state index contributed by atoms with van der Waals surface area (Å²) in [6, 6.07) is 5.02. The lowest BCUT2D eigenvalue weighted by atomic mass is 9.95. The maximum absolute atomic E-state index is 12.3. The molecule has 2 aliphatic rings. The number of hydrogen-bond acceptors (Lipinski definition) is 5. The number of ether oxygens (including phenoxy) is 2. The highest BCUT2D eigenvalue weighted by Gasteiger charge is 2.36. The minimum atomic E-state index is -1.01. The first-order chi connectivity index (χ1) is 11.1. The van der Waals surface area contributed by atoms with Gasteiger partial charge in [-0.05, 0) is 35.8 Å². The Morgan fingerprint density at radius 1 is 1.43 bits per heavy atom. The molecule has 0 fully saturated rings. The molecule has 0 radical (unpaired) electrons.